The van der Waals surface area contributed by atoms with Crippen LogP contribution in [0.15, 0.2) is 54.9 Å². The lowest BCUT2D eigenvalue weighted by molar-refractivity contribution is -0.137. The first-order valence-corrected chi connectivity index (χ1v) is 10.5. The summed E-state index contributed by atoms with van der Waals surface area (Å²) in [5.74, 6) is -0.370. The van der Waals surface area contributed by atoms with Crippen molar-refractivity contribution in [3.63, 3.8) is 0 Å². The molecule has 3 aromatic rings. The molecule has 33 heavy (non-hydrogen) atoms. The molecule has 1 aromatic heterocycles. The summed E-state index contributed by atoms with van der Waals surface area (Å²) in [6.07, 6.45) is -2.08. The second-order valence-corrected chi connectivity index (χ2v) is 8.03. The minimum atomic E-state index is -4.40. The third kappa shape index (κ3) is 5.13. The standard InChI is InChI=1S/C24H22F4N4O/c1-15(33)12-16-2-4-17(5-3-16)13-29-22-21(25)23(31-14-30-22)32-11-10-20(32)18-6-8-19(9-7-18)24(26,27)28/h2-9,14,20H,10-13H2,1H3,(H,29,30,31). The molecule has 0 aliphatic carbocycles. The van der Waals surface area contributed by atoms with E-state index < -0.39 is 17.6 Å². The monoisotopic (exact) mass is 458 g/mol. The average molecular weight is 458 g/mol. The Morgan fingerprint density at radius 3 is 2.30 bits per heavy atom. The molecule has 5 nitrogen and oxygen atoms in total. The van der Waals surface area contributed by atoms with Crippen molar-refractivity contribution in [1.82, 2.24) is 9.97 Å². The molecule has 0 saturated carbocycles. The van der Waals surface area contributed by atoms with Gasteiger partial charge >= 0.3 is 6.18 Å². The van der Waals surface area contributed by atoms with Crippen molar-refractivity contribution in [2.45, 2.75) is 38.5 Å². The molecule has 0 spiro atoms. The van der Waals surface area contributed by atoms with E-state index in [0.717, 1.165) is 23.3 Å². The molecule has 2 heterocycles. The van der Waals surface area contributed by atoms with E-state index in [0.29, 0.717) is 31.5 Å². The smallest absolute Gasteiger partial charge is 0.363 e. The Kier molecular flexibility index (Phi) is 6.31. The van der Waals surface area contributed by atoms with Crippen molar-refractivity contribution >= 4 is 17.4 Å². The number of Topliss-reactive ketones (excluding diaryl/α,β-unsaturated/α-hetero) is 1. The van der Waals surface area contributed by atoms with Crippen LogP contribution < -0.4 is 10.2 Å². The van der Waals surface area contributed by atoms with Crippen molar-refractivity contribution < 1.29 is 22.4 Å². The van der Waals surface area contributed by atoms with Crippen molar-refractivity contribution in [1.29, 1.82) is 0 Å². The first-order valence-electron chi connectivity index (χ1n) is 10.5. The summed E-state index contributed by atoms with van der Waals surface area (Å²) in [6, 6.07) is 12.1. The van der Waals surface area contributed by atoms with Crippen LogP contribution in [0.3, 0.4) is 0 Å². The first-order chi connectivity index (χ1) is 15.7. The fourth-order valence-electron chi connectivity index (χ4n) is 3.81. The van der Waals surface area contributed by atoms with Gasteiger partial charge in [0.2, 0.25) is 5.82 Å². The predicted molar refractivity (Wildman–Crippen MR) is 116 cm³/mol. The summed E-state index contributed by atoms with van der Waals surface area (Å²) in [5, 5.41) is 2.97. The van der Waals surface area contributed by atoms with Crippen molar-refractivity contribution in [2.24, 2.45) is 0 Å². The predicted octanol–water partition coefficient (Wildman–Crippen LogP) is 5.33. The van der Waals surface area contributed by atoms with E-state index in [9.17, 15) is 18.0 Å². The molecule has 1 aliphatic heterocycles. The molecule has 1 atom stereocenters. The maximum absolute atomic E-state index is 15.1. The zero-order chi connectivity index (χ0) is 23.6. The topological polar surface area (TPSA) is 58.1 Å². The number of nitrogens with one attached hydrogen (secondary N) is 1. The van der Waals surface area contributed by atoms with Gasteiger partial charge in [0.15, 0.2) is 11.6 Å². The zero-order valence-electron chi connectivity index (χ0n) is 17.9. The summed E-state index contributed by atoms with van der Waals surface area (Å²) < 4.78 is 53.6. The Balaban J connectivity index is 1.45. The average Bonchev–Trinajstić information content (AvgIpc) is 2.74. The zero-order valence-corrected chi connectivity index (χ0v) is 17.9. The van der Waals surface area contributed by atoms with Gasteiger partial charge in [-0.15, -0.1) is 0 Å². The third-order valence-electron chi connectivity index (χ3n) is 5.62. The van der Waals surface area contributed by atoms with Crippen LogP contribution in [0.2, 0.25) is 0 Å². The molecule has 1 unspecified atom stereocenters. The number of hydrogen-bond donors (Lipinski definition) is 1. The van der Waals surface area contributed by atoms with Gasteiger partial charge < -0.3 is 10.2 Å². The van der Waals surface area contributed by atoms with Crippen LogP contribution in [0.1, 0.15) is 41.6 Å². The SMILES string of the molecule is CC(=O)Cc1ccc(CNc2ncnc(N3CCC3c3ccc(C(F)(F)F)cc3)c2F)cc1. The largest absolute Gasteiger partial charge is 0.416 e. The van der Waals surface area contributed by atoms with Crippen LogP contribution in [0.4, 0.5) is 29.2 Å². The number of carbonyl (C=O) groups excluding carboxylic acids is 1. The van der Waals surface area contributed by atoms with Crippen LogP contribution in [-0.2, 0) is 23.9 Å². The van der Waals surface area contributed by atoms with Gasteiger partial charge in [-0.1, -0.05) is 36.4 Å². The minimum absolute atomic E-state index is 0.0471. The van der Waals surface area contributed by atoms with E-state index in [1.54, 1.807) is 4.90 Å². The third-order valence-corrected chi connectivity index (χ3v) is 5.62. The normalized spacial score (nSPS) is 15.8. The minimum Gasteiger partial charge on any atom is -0.363 e. The summed E-state index contributed by atoms with van der Waals surface area (Å²) in [7, 11) is 0. The highest BCUT2D eigenvalue weighted by Gasteiger charge is 2.35. The van der Waals surface area contributed by atoms with Crippen LogP contribution in [0.25, 0.3) is 0 Å². The molecule has 0 amide bonds. The molecule has 172 valence electrons. The van der Waals surface area contributed by atoms with Gasteiger partial charge in [0.1, 0.15) is 12.1 Å². The van der Waals surface area contributed by atoms with Crippen molar-refractivity contribution in [3.05, 3.63) is 82.9 Å². The number of ketones is 1. The molecule has 9 heteroatoms. The highest BCUT2D eigenvalue weighted by Crippen LogP contribution is 2.39. The van der Waals surface area contributed by atoms with E-state index in [1.807, 2.05) is 24.3 Å². The van der Waals surface area contributed by atoms with E-state index in [-0.39, 0.29) is 23.5 Å². The molecular formula is C24H22F4N4O. The molecule has 0 bridgehead atoms. The molecular weight excluding hydrogens is 436 g/mol. The fourth-order valence-corrected chi connectivity index (χ4v) is 3.81. The van der Waals surface area contributed by atoms with Crippen LogP contribution in [-0.4, -0.2) is 22.3 Å². The number of hydrogen-bond acceptors (Lipinski definition) is 5. The number of alkyl halides is 3. The van der Waals surface area contributed by atoms with Crippen LogP contribution in [0.5, 0.6) is 0 Å². The maximum atomic E-state index is 15.1. The molecule has 1 fully saturated rings. The molecule has 1 N–H and O–H groups in total. The number of anilines is 2. The van der Waals surface area contributed by atoms with Crippen molar-refractivity contribution in [3.8, 4) is 0 Å². The Labute approximate surface area is 188 Å². The number of nitrogens with zero attached hydrogens (tertiary/aromatic N) is 3. The van der Waals surface area contributed by atoms with Gasteiger partial charge in [-0.2, -0.15) is 17.6 Å². The number of aromatic nitrogens is 2. The lowest BCUT2D eigenvalue weighted by atomic mass is 9.94. The Morgan fingerprint density at radius 2 is 1.73 bits per heavy atom. The Bertz CT molecular complexity index is 1130. The van der Waals surface area contributed by atoms with Gasteiger partial charge in [-0.25, -0.2) is 9.97 Å². The summed E-state index contributed by atoms with van der Waals surface area (Å²) in [4.78, 5) is 21.0. The van der Waals surface area contributed by atoms with Gasteiger partial charge in [0.05, 0.1) is 11.6 Å². The Morgan fingerprint density at radius 1 is 1.06 bits per heavy atom. The van der Waals surface area contributed by atoms with Crippen LogP contribution in [0, 0.1) is 5.82 Å². The highest BCUT2D eigenvalue weighted by atomic mass is 19.4. The second kappa shape index (κ2) is 9.17. The summed E-state index contributed by atoms with van der Waals surface area (Å²) in [5.41, 5.74) is 1.76. The highest BCUT2D eigenvalue weighted by molar-refractivity contribution is 5.78. The quantitative estimate of drug-likeness (QED) is 0.485. The first kappa shape index (κ1) is 22.7. The number of halogens is 4. The molecule has 4 rings (SSSR count). The van der Waals surface area contributed by atoms with E-state index in [2.05, 4.69) is 15.3 Å². The van der Waals surface area contributed by atoms with Gasteiger partial charge in [0, 0.05) is 19.5 Å². The van der Waals surface area contributed by atoms with Crippen molar-refractivity contribution in [2.75, 3.05) is 16.8 Å². The maximum Gasteiger partial charge on any atom is 0.416 e. The van der Waals surface area contributed by atoms with E-state index >= 15 is 4.39 Å². The van der Waals surface area contributed by atoms with Gasteiger partial charge in [-0.05, 0) is 42.2 Å². The number of carbonyl (C=O) groups is 1. The lowest BCUT2D eigenvalue weighted by Crippen LogP contribution is -2.42. The van der Waals surface area contributed by atoms with Gasteiger partial charge in [-0.3, -0.25) is 4.79 Å². The second-order valence-electron chi connectivity index (χ2n) is 8.03. The number of benzene rings is 2. The Hall–Kier alpha value is -3.49. The summed E-state index contributed by atoms with van der Waals surface area (Å²) >= 11 is 0. The molecule has 2 aromatic carbocycles. The van der Waals surface area contributed by atoms with E-state index in [4.69, 9.17) is 0 Å². The van der Waals surface area contributed by atoms with Crippen LogP contribution >= 0.6 is 0 Å². The molecule has 0 radical (unpaired) electrons. The van der Waals surface area contributed by atoms with E-state index in [1.165, 1.54) is 25.4 Å². The fraction of sp³-hybridized carbons (Fsp3) is 0.292. The number of rotatable bonds is 7. The summed E-state index contributed by atoms with van der Waals surface area (Å²) in [6.45, 7) is 2.40. The molecule has 1 aliphatic rings. The molecule has 1 saturated heterocycles. The lowest BCUT2D eigenvalue weighted by Gasteiger charge is -2.42. The van der Waals surface area contributed by atoms with Gasteiger partial charge in [0.25, 0.3) is 0 Å².